The molecule has 0 aliphatic rings. The molecule has 1 N–H and O–H groups in total. The van der Waals surface area contributed by atoms with Crippen LogP contribution in [0.1, 0.15) is 17.5 Å². The molecule has 0 spiro atoms. The summed E-state index contributed by atoms with van der Waals surface area (Å²) in [7, 11) is -0.922. The van der Waals surface area contributed by atoms with Crippen LogP contribution in [0, 0.1) is 11.3 Å². The summed E-state index contributed by atoms with van der Waals surface area (Å²) < 4.78 is 11.5. The minimum atomic E-state index is -0.922. The second-order valence-electron chi connectivity index (χ2n) is 3.17. The van der Waals surface area contributed by atoms with Crippen LogP contribution < -0.4 is 0 Å². The molecule has 1 rings (SSSR count). The van der Waals surface area contributed by atoms with Gasteiger partial charge < -0.3 is 5.11 Å². The van der Waals surface area contributed by atoms with Crippen LogP contribution >= 0.6 is 0 Å². The van der Waals surface area contributed by atoms with Crippen LogP contribution in [0.4, 0.5) is 0 Å². The van der Waals surface area contributed by atoms with Gasteiger partial charge in [-0.3, -0.25) is 4.21 Å². The Morgan fingerprint density at radius 1 is 1.33 bits per heavy atom. The van der Waals surface area contributed by atoms with Crippen LogP contribution in [0.25, 0.3) is 0 Å². The van der Waals surface area contributed by atoms with Crippen LogP contribution in [0.3, 0.4) is 0 Å². The quantitative estimate of drug-likeness (QED) is 0.815. The summed E-state index contributed by atoms with van der Waals surface area (Å²) in [6.45, 7) is 0.0825. The number of hydrogen-bond acceptors (Lipinski definition) is 3. The van der Waals surface area contributed by atoms with Gasteiger partial charge in [-0.15, -0.1) is 0 Å². The molecule has 0 bridgehead atoms. The number of aliphatic hydroxyl groups excluding tert-OH is 1. The summed E-state index contributed by atoms with van der Waals surface area (Å²) in [5.41, 5.74) is 1.57. The fraction of sp³-hybridized carbons (Fsp3) is 0.364. The molecule has 0 saturated heterocycles. The first kappa shape index (κ1) is 11.9. The number of nitrogens with zero attached hydrogens (tertiary/aromatic N) is 1. The second-order valence-corrected chi connectivity index (χ2v) is 4.75. The van der Waals surface area contributed by atoms with E-state index in [1.807, 2.05) is 18.2 Å². The predicted octanol–water partition coefficient (Wildman–Crippen LogP) is 1.19. The molecule has 0 aromatic heterocycles. The SMILES string of the molecule is N#Cc1ccc(CS(=O)CCCO)cc1. The third-order valence-corrected chi connectivity index (χ3v) is 3.34. The Balaban J connectivity index is 2.50. The van der Waals surface area contributed by atoms with Gasteiger partial charge in [-0.1, -0.05) is 12.1 Å². The molecule has 15 heavy (non-hydrogen) atoms. The molecule has 1 atom stereocenters. The highest BCUT2D eigenvalue weighted by molar-refractivity contribution is 7.84. The molecule has 0 saturated carbocycles. The first-order valence-electron chi connectivity index (χ1n) is 4.71. The van der Waals surface area contributed by atoms with E-state index in [4.69, 9.17) is 10.4 Å². The largest absolute Gasteiger partial charge is 0.396 e. The number of aliphatic hydroxyl groups is 1. The van der Waals surface area contributed by atoms with E-state index < -0.39 is 10.8 Å². The van der Waals surface area contributed by atoms with Crippen LogP contribution in [-0.2, 0) is 16.6 Å². The normalized spacial score (nSPS) is 12.0. The van der Waals surface area contributed by atoms with Crippen LogP contribution in [0.5, 0.6) is 0 Å². The van der Waals surface area contributed by atoms with Gasteiger partial charge in [0.15, 0.2) is 0 Å². The summed E-state index contributed by atoms with van der Waals surface area (Å²) in [4.78, 5) is 0. The molecule has 0 amide bonds. The topological polar surface area (TPSA) is 61.1 Å². The third-order valence-electron chi connectivity index (χ3n) is 1.94. The lowest BCUT2D eigenvalue weighted by Gasteiger charge is -2.01. The molecular formula is C11H13NO2S. The van der Waals surface area contributed by atoms with E-state index in [2.05, 4.69) is 0 Å². The minimum absolute atomic E-state index is 0.0825. The van der Waals surface area contributed by atoms with Crippen molar-refractivity contribution in [3.05, 3.63) is 35.4 Å². The van der Waals surface area contributed by atoms with Crippen molar-refractivity contribution in [2.75, 3.05) is 12.4 Å². The summed E-state index contributed by atoms with van der Waals surface area (Å²) in [6, 6.07) is 9.10. The van der Waals surface area contributed by atoms with Crippen molar-refractivity contribution in [1.82, 2.24) is 0 Å². The van der Waals surface area contributed by atoms with E-state index in [-0.39, 0.29) is 6.61 Å². The lowest BCUT2D eigenvalue weighted by Crippen LogP contribution is -2.02. The zero-order chi connectivity index (χ0) is 11.1. The Morgan fingerprint density at radius 2 is 2.00 bits per heavy atom. The summed E-state index contributed by atoms with van der Waals surface area (Å²) in [5.74, 6) is 1.02. The summed E-state index contributed by atoms with van der Waals surface area (Å²) in [5, 5.41) is 17.2. The van der Waals surface area contributed by atoms with Gasteiger partial charge in [0, 0.05) is 28.9 Å². The van der Waals surface area contributed by atoms with Gasteiger partial charge in [0.2, 0.25) is 0 Å². The first-order chi connectivity index (χ1) is 7.26. The minimum Gasteiger partial charge on any atom is -0.396 e. The molecule has 4 heteroatoms. The average Bonchev–Trinajstić information content (AvgIpc) is 2.27. The molecule has 80 valence electrons. The summed E-state index contributed by atoms with van der Waals surface area (Å²) in [6.07, 6.45) is 0.572. The average molecular weight is 223 g/mol. The van der Waals surface area contributed by atoms with Gasteiger partial charge in [0.1, 0.15) is 0 Å². The standard InChI is InChI=1S/C11H13NO2S/c12-8-10-2-4-11(5-3-10)9-15(14)7-1-6-13/h2-5,13H,1,6-7,9H2. The van der Waals surface area contributed by atoms with Gasteiger partial charge >= 0.3 is 0 Å². The maximum Gasteiger partial charge on any atom is 0.0991 e. The van der Waals surface area contributed by atoms with E-state index in [1.165, 1.54) is 0 Å². The fourth-order valence-corrected chi connectivity index (χ4v) is 2.32. The molecule has 0 aliphatic heterocycles. The van der Waals surface area contributed by atoms with E-state index in [0.717, 1.165) is 5.56 Å². The predicted molar refractivity (Wildman–Crippen MR) is 59.6 cm³/mol. The molecule has 0 aliphatic carbocycles. The van der Waals surface area contributed by atoms with Crippen molar-refractivity contribution >= 4 is 10.8 Å². The Labute approximate surface area is 91.8 Å². The van der Waals surface area contributed by atoms with Crippen LogP contribution in [0.2, 0.25) is 0 Å². The van der Waals surface area contributed by atoms with Crippen molar-refractivity contribution in [3.8, 4) is 6.07 Å². The maximum atomic E-state index is 11.5. The number of hydrogen-bond donors (Lipinski definition) is 1. The van der Waals surface area contributed by atoms with Crippen LogP contribution in [0.15, 0.2) is 24.3 Å². The van der Waals surface area contributed by atoms with E-state index >= 15 is 0 Å². The first-order valence-corrected chi connectivity index (χ1v) is 6.20. The highest BCUT2D eigenvalue weighted by atomic mass is 32.2. The van der Waals surface area contributed by atoms with Gasteiger partial charge in [-0.05, 0) is 24.1 Å². The Morgan fingerprint density at radius 3 is 2.53 bits per heavy atom. The number of rotatable bonds is 5. The molecule has 0 radical (unpaired) electrons. The monoisotopic (exact) mass is 223 g/mol. The van der Waals surface area contributed by atoms with Gasteiger partial charge in [0.05, 0.1) is 11.6 Å². The molecular weight excluding hydrogens is 210 g/mol. The van der Waals surface area contributed by atoms with Crippen molar-refractivity contribution in [2.24, 2.45) is 0 Å². The maximum absolute atomic E-state index is 11.5. The van der Waals surface area contributed by atoms with E-state index in [1.54, 1.807) is 12.1 Å². The van der Waals surface area contributed by atoms with Gasteiger partial charge in [-0.25, -0.2) is 0 Å². The van der Waals surface area contributed by atoms with Crippen molar-refractivity contribution in [1.29, 1.82) is 5.26 Å². The highest BCUT2D eigenvalue weighted by Gasteiger charge is 2.01. The number of nitriles is 1. The smallest absolute Gasteiger partial charge is 0.0991 e. The third kappa shape index (κ3) is 4.24. The van der Waals surface area contributed by atoms with Crippen molar-refractivity contribution in [2.45, 2.75) is 12.2 Å². The van der Waals surface area contributed by atoms with Crippen molar-refractivity contribution < 1.29 is 9.32 Å². The lowest BCUT2D eigenvalue weighted by molar-refractivity contribution is 0.296. The van der Waals surface area contributed by atoms with Crippen molar-refractivity contribution in [3.63, 3.8) is 0 Å². The Hall–Kier alpha value is -1.18. The molecule has 1 aromatic carbocycles. The Bertz CT molecular complexity index is 367. The second kappa shape index (κ2) is 6.33. The zero-order valence-corrected chi connectivity index (χ0v) is 9.17. The Kier molecular flexibility index (Phi) is 5.02. The fourth-order valence-electron chi connectivity index (χ4n) is 1.16. The molecule has 3 nitrogen and oxygen atoms in total. The molecule has 0 heterocycles. The van der Waals surface area contributed by atoms with Gasteiger partial charge in [-0.2, -0.15) is 5.26 Å². The molecule has 1 unspecified atom stereocenters. The molecule has 0 fully saturated rings. The lowest BCUT2D eigenvalue weighted by atomic mass is 10.2. The van der Waals surface area contributed by atoms with Crippen LogP contribution in [-0.4, -0.2) is 21.7 Å². The number of benzene rings is 1. The van der Waals surface area contributed by atoms with E-state index in [9.17, 15) is 4.21 Å². The zero-order valence-electron chi connectivity index (χ0n) is 8.35. The summed E-state index contributed by atoms with van der Waals surface area (Å²) >= 11 is 0. The van der Waals surface area contributed by atoms with Gasteiger partial charge in [0.25, 0.3) is 0 Å². The molecule has 1 aromatic rings. The van der Waals surface area contributed by atoms with E-state index in [0.29, 0.717) is 23.5 Å². The highest BCUT2D eigenvalue weighted by Crippen LogP contribution is 2.06.